The van der Waals surface area contributed by atoms with Gasteiger partial charge in [0.15, 0.2) is 0 Å². The number of nitrogens with one attached hydrogen (secondary N) is 1. The van der Waals surface area contributed by atoms with E-state index in [4.69, 9.17) is 32.7 Å². The molecule has 8 heteroatoms. The van der Waals surface area contributed by atoms with E-state index in [1.54, 1.807) is 19.2 Å². The standard InChI is InChI=1S/C36H42Cl2N2O4/c1-22(21-44-31-10-15-39-30-9-4-6-23(2)33(30)31)16-25-17-24-18-29(38)32(43-3)20-28(24)35(25)11-13-36(14-12-35,34(41)42)40-27-8-5-7-26(37)19-27/h5,7-8,10,15,18-20,22-23,25,40H,4,6,9,11-14,16-17,21H2,1-3H3,(H,41,42)/t22-,23-,25?,35?,36?/m1/s1. The maximum atomic E-state index is 12.8. The molecule has 3 aliphatic rings. The molecule has 1 unspecified atom stereocenters. The van der Waals surface area contributed by atoms with Crippen molar-refractivity contribution in [1.29, 1.82) is 0 Å². The zero-order valence-electron chi connectivity index (χ0n) is 25.8. The van der Waals surface area contributed by atoms with E-state index in [9.17, 15) is 9.90 Å². The fourth-order valence-corrected chi connectivity index (χ4v) is 8.72. The van der Waals surface area contributed by atoms with Gasteiger partial charge in [0.2, 0.25) is 0 Å². The van der Waals surface area contributed by atoms with E-state index in [1.165, 1.54) is 35.2 Å². The Morgan fingerprint density at radius 2 is 1.93 bits per heavy atom. The van der Waals surface area contributed by atoms with Gasteiger partial charge < -0.3 is 19.9 Å². The third-order valence-electron chi connectivity index (χ3n) is 10.6. The van der Waals surface area contributed by atoms with Gasteiger partial charge in [-0.2, -0.15) is 0 Å². The van der Waals surface area contributed by atoms with Crippen molar-refractivity contribution in [2.75, 3.05) is 19.0 Å². The fraction of sp³-hybridized carbons (Fsp3) is 0.500. The molecule has 0 radical (unpaired) electrons. The monoisotopic (exact) mass is 636 g/mol. The first-order valence-corrected chi connectivity index (χ1v) is 16.6. The molecule has 2 aromatic carbocycles. The van der Waals surface area contributed by atoms with Crippen LogP contribution in [0.5, 0.6) is 11.5 Å². The second-order valence-electron chi connectivity index (χ2n) is 13.3. The summed E-state index contributed by atoms with van der Waals surface area (Å²) in [6, 6.07) is 13.5. The summed E-state index contributed by atoms with van der Waals surface area (Å²) in [6.07, 6.45) is 9.63. The first kappa shape index (κ1) is 31.0. The minimum absolute atomic E-state index is 0.166. The summed E-state index contributed by atoms with van der Waals surface area (Å²) >= 11 is 12.9. The highest BCUT2D eigenvalue weighted by atomic mass is 35.5. The molecule has 0 aliphatic heterocycles. The molecule has 0 saturated heterocycles. The Hall–Kier alpha value is -2.96. The molecule has 0 bridgehead atoms. The van der Waals surface area contributed by atoms with Crippen LogP contribution < -0.4 is 14.8 Å². The number of carboxylic acid groups (broad SMARTS) is 1. The zero-order valence-corrected chi connectivity index (χ0v) is 27.3. The topological polar surface area (TPSA) is 80.7 Å². The van der Waals surface area contributed by atoms with Gasteiger partial charge in [0.25, 0.3) is 0 Å². The molecule has 1 fully saturated rings. The molecule has 3 aromatic rings. The second kappa shape index (κ2) is 12.4. The smallest absolute Gasteiger partial charge is 0.329 e. The highest BCUT2D eigenvalue weighted by Gasteiger charge is 2.54. The van der Waals surface area contributed by atoms with Crippen LogP contribution in [0.25, 0.3) is 0 Å². The third kappa shape index (κ3) is 5.76. The summed E-state index contributed by atoms with van der Waals surface area (Å²) in [4.78, 5) is 17.5. The lowest BCUT2D eigenvalue weighted by Crippen LogP contribution is -2.53. The van der Waals surface area contributed by atoms with Gasteiger partial charge >= 0.3 is 5.97 Å². The molecular weight excluding hydrogens is 595 g/mol. The van der Waals surface area contributed by atoms with Crippen LogP contribution in [0, 0.1) is 11.8 Å². The summed E-state index contributed by atoms with van der Waals surface area (Å²) < 4.78 is 12.2. The van der Waals surface area contributed by atoms with Crippen molar-refractivity contribution >= 4 is 34.9 Å². The predicted octanol–water partition coefficient (Wildman–Crippen LogP) is 8.86. The number of nitrogens with zero attached hydrogens (tertiary/aromatic N) is 1. The van der Waals surface area contributed by atoms with Crippen molar-refractivity contribution in [3.05, 3.63) is 81.1 Å². The second-order valence-corrected chi connectivity index (χ2v) is 14.2. The van der Waals surface area contributed by atoms with Crippen LogP contribution in [-0.2, 0) is 23.1 Å². The SMILES string of the molecule is COc1cc2c(cc1Cl)CC(C[C@@H](C)COc1ccnc3c1[C@H](C)CCC3)C21CCC(Nc2cccc(Cl)c2)(C(=O)O)CC1. The average Bonchev–Trinajstić information content (AvgIpc) is 3.27. The van der Waals surface area contributed by atoms with E-state index >= 15 is 0 Å². The molecule has 44 heavy (non-hydrogen) atoms. The molecule has 1 aromatic heterocycles. The molecule has 3 atom stereocenters. The van der Waals surface area contributed by atoms with Crippen LogP contribution in [0.2, 0.25) is 10.0 Å². The Bertz CT molecular complexity index is 1530. The van der Waals surface area contributed by atoms with Crippen molar-refractivity contribution in [3.8, 4) is 11.5 Å². The van der Waals surface area contributed by atoms with Gasteiger partial charge in [-0.05, 0) is 128 Å². The fourth-order valence-electron chi connectivity index (χ4n) is 8.26. The lowest BCUT2D eigenvalue weighted by Gasteiger charge is -2.47. The Kier molecular flexibility index (Phi) is 8.78. The molecule has 234 valence electrons. The van der Waals surface area contributed by atoms with E-state index in [0.717, 1.165) is 43.5 Å². The number of anilines is 1. The number of pyridine rings is 1. The van der Waals surface area contributed by atoms with E-state index in [2.05, 4.69) is 36.3 Å². The quantitative estimate of drug-likeness (QED) is 0.244. The molecule has 1 spiro atoms. The van der Waals surface area contributed by atoms with Crippen molar-refractivity contribution in [2.24, 2.45) is 11.8 Å². The number of fused-ring (bicyclic) bond motifs is 3. The van der Waals surface area contributed by atoms with Crippen LogP contribution in [0.3, 0.4) is 0 Å². The van der Waals surface area contributed by atoms with Crippen LogP contribution in [0.1, 0.15) is 87.1 Å². The van der Waals surface area contributed by atoms with E-state index in [1.807, 2.05) is 24.4 Å². The highest BCUT2D eigenvalue weighted by Crippen LogP contribution is 2.57. The van der Waals surface area contributed by atoms with Crippen molar-refractivity contribution in [3.63, 3.8) is 0 Å². The number of halogens is 2. The highest BCUT2D eigenvalue weighted by molar-refractivity contribution is 6.32. The van der Waals surface area contributed by atoms with Crippen molar-refractivity contribution in [1.82, 2.24) is 4.98 Å². The number of ether oxygens (including phenoxy) is 2. The minimum atomic E-state index is -1.06. The van der Waals surface area contributed by atoms with Crippen LogP contribution >= 0.6 is 23.2 Å². The number of carbonyl (C=O) groups is 1. The number of aliphatic carboxylic acids is 1. The molecule has 2 N–H and O–H groups in total. The van der Waals surface area contributed by atoms with Gasteiger partial charge in [0, 0.05) is 28.2 Å². The van der Waals surface area contributed by atoms with E-state index in [-0.39, 0.29) is 5.41 Å². The summed E-state index contributed by atoms with van der Waals surface area (Å²) in [5.74, 6) is 1.93. The van der Waals surface area contributed by atoms with Gasteiger partial charge in [-0.3, -0.25) is 4.98 Å². The third-order valence-corrected chi connectivity index (χ3v) is 11.1. The first-order valence-electron chi connectivity index (χ1n) is 15.9. The molecule has 6 nitrogen and oxygen atoms in total. The summed E-state index contributed by atoms with van der Waals surface area (Å²) in [5.41, 5.74) is 4.47. The molecule has 0 amide bonds. The number of methoxy groups -OCH3 is 1. The Morgan fingerprint density at radius 3 is 2.66 bits per heavy atom. The van der Waals surface area contributed by atoms with Gasteiger partial charge in [-0.15, -0.1) is 0 Å². The van der Waals surface area contributed by atoms with Gasteiger partial charge in [0.05, 0.1) is 18.7 Å². The number of aryl methyl sites for hydroxylation is 1. The van der Waals surface area contributed by atoms with Crippen molar-refractivity contribution < 1.29 is 19.4 Å². The van der Waals surface area contributed by atoms with Crippen LogP contribution in [0.15, 0.2) is 48.7 Å². The predicted molar refractivity (Wildman–Crippen MR) is 176 cm³/mol. The number of hydrogen-bond donors (Lipinski definition) is 2. The Balaban J connectivity index is 1.24. The molecule has 1 saturated carbocycles. The van der Waals surface area contributed by atoms with Gasteiger partial charge in [-0.1, -0.05) is 43.1 Å². The van der Waals surface area contributed by atoms with Gasteiger partial charge in [-0.25, -0.2) is 4.79 Å². The summed E-state index contributed by atoms with van der Waals surface area (Å²) in [6.45, 7) is 5.17. The number of hydrogen-bond acceptors (Lipinski definition) is 5. The zero-order chi connectivity index (χ0) is 31.1. The number of aromatic nitrogens is 1. The maximum absolute atomic E-state index is 12.8. The lowest BCUT2D eigenvalue weighted by atomic mass is 9.59. The van der Waals surface area contributed by atoms with Gasteiger partial charge in [0.1, 0.15) is 17.0 Å². The maximum Gasteiger partial charge on any atom is 0.329 e. The molecule has 6 rings (SSSR count). The van der Waals surface area contributed by atoms with E-state index in [0.29, 0.717) is 53.0 Å². The number of rotatable bonds is 9. The molecule has 3 aliphatic carbocycles. The lowest BCUT2D eigenvalue weighted by molar-refractivity contribution is -0.144. The summed E-state index contributed by atoms with van der Waals surface area (Å²) in [7, 11) is 1.65. The molecule has 1 heterocycles. The minimum Gasteiger partial charge on any atom is -0.495 e. The summed E-state index contributed by atoms with van der Waals surface area (Å²) in [5, 5.41) is 15.1. The van der Waals surface area contributed by atoms with Crippen molar-refractivity contribution in [2.45, 2.75) is 88.5 Å². The first-order chi connectivity index (χ1) is 21.1. The number of benzene rings is 2. The Labute approximate surface area is 270 Å². The Morgan fingerprint density at radius 1 is 1.14 bits per heavy atom. The average molecular weight is 638 g/mol. The normalized spacial score (nSPS) is 26.5. The van der Waals surface area contributed by atoms with E-state index < -0.39 is 11.5 Å². The van der Waals surface area contributed by atoms with Crippen LogP contribution in [0.4, 0.5) is 5.69 Å². The molecular formula is C36H42Cl2N2O4. The number of carboxylic acids is 1. The van der Waals surface area contributed by atoms with Crippen LogP contribution in [-0.4, -0.2) is 35.3 Å². The largest absolute Gasteiger partial charge is 0.495 e.